The van der Waals surface area contributed by atoms with Gasteiger partial charge in [-0.3, -0.25) is 0 Å². The summed E-state index contributed by atoms with van der Waals surface area (Å²) < 4.78 is 0. The van der Waals surface area contributed by atoms with E-state index in [1.807, 2.05) is 6.92 Å². The normalized spacial score (nSPS) is 9.42. The van der Waals surface area contributed by atoms with Crippen LogP contribution in [0, 0.1) is 27.7 Å². The van der Waals surface area contributed by atoms with E-state index in [1.165, 1.54) is 22.3 Å². The van der Waals surface area contributed by atoms with E-state index < -0.39 is 0 Å². The second-order valence-corrected chi connectivity index (χ2v) is 3.45. The summed E-state index contributed by atoms with van der Waals surface area (Å²) in [6.07, 6.45) is 0. The van der Waals surface area contributed by atoms with Gasteiger partial charge < -0.3 is 0 Å². The minimum absolute atomic E-state index is 0. The first-order chi connectivity index (χ1) is 5.04. The van der Waals surface area contributed by atoms with Gasteiger partial charge in [0, 0.05) is 5.02 Å². The molecular formula is C10H14Cl2. The maximum Gasteiger partial charge on any atom is 0.0467 e. The summed E-state index contributed by atoms with van der Waals surface area (Å²) in [6, 6.07) is 2.13. The molecule has 0 bridgehead atoms. The van der Waals surface area contributed by atoms with Crippen LogP contribution in [0.2, 0.25) is 5.02 Å². The highest BCUT2D eigenvalue weighted by atomic mass is 35.5. The summed E-state index contributed by atoms with van der Waals surface area (Å²) in [4.78, 5) is 0. The lowest BCUT2D eigenvalue weighted by molar-refractivity contribution is 1.23. The number of rotatable bonds is 0. The Kier molecular flexibility index (Phi) is 4.09. The second-order valence-electron chi connectivity index (χ2n) is 3.07. The maximum atomic E-state index is 6.05. The number of aryl methyl sites for hydroxylation is 2. The molecule has 1 aromatic carbocycles. The minimum atomic E-state index is 0. The van der Waals surface area contributed by atoms with Crippen molar-refractivity contribution in [3.63, 3.8) is 0 Å². The van der Waals surface area contributed by atoms with Crippen molar-refractivity contribution in [2.24, 2.45) is 0 Å². The van der Waals surface area contributed by atoms with Crippen LogP contribution in [0.4, 0.5) is 0 Å². The van der Waals surface area contributed by atoms with Crippen molar-refractivity contribution in [2.45, 2.75) is 27.7 Å². The summed E-state index contributed by atoms with van der Waals surface area (Å²) in [7, 11) is 0. The highest BCUT2D eigenvalue weighted by molar-refractivity contribution is 6.32. The number of halogens is 2. The summed E-state index contributed by atoms with van der Waals surface area (Å²) in [5, 5.41) is 0.910. The molecule has 0 saturated carbocycles. The highest BCUT2D eigenvalue weighted by Gasteiger charge is 2.04. The van der Waals surface area contributed by atoms with E-state index in [2.05, 4.69) is 26.8 Å². The fourth-order valence-electron chi connectivity index (χ4n) is 1.25. The zero-order chi connectivity index (χ0) is 8.59. The summed E-state index contributed by atoms with van der Waals surface area (Å²) >= 11 is 6.05. The van der Waals surface area contributed by atoms with Crippen molar-refractivity contribution in [3.05, 3.63) is 33.3 Å². The van der Waals surface area contributed by atoms with Crippen molar-refractivity contribution in [3.8, 4) is 0 Å². The van der Waals surface area contributed by atoms with Gasteiger partial charge in [0.1, 0.15) is 0 Å². The van der Waals surface area contributed by atoms with E-state index in [0.29, 0.717) is 0 Å². The minimum Gasteiger partial charge on any atom is -0.147 e. The lowest BCUT2D eigenvalue weighted by atomic mass is 10.0. The molecule has 0 saturated heterocycles. The van der Waals surface area contributed by atoms with Gasteiger partial charge in [-0.15, -0.1) is 12.4 Å². The Balaban J connectivity index is 0.00000121. The average Bonchev–Trinajstić information content (AvgIpc) is 1.97. The quantitative estimate of drug-likeness (QED) is 0.600. The predicted molar refractivity (Wildman–Crippen MR) is 57.6 cm³/mol. The zero-order valence-electron chi connectivity index (χ0n) is 7.86. The molecule has 12 heavy (non-hydrogen) atoms. The average molecular weight is 205 g/mol. The Morgan fingerprint density at radius 1 is 0.917 bits per heavy atom. The molecule has 2 heteroatoms. The standard InChI is InChI=1S/C10H13Cl.ClH/c1-6-5-7(2)10(11)9(4)8(6)3;/h5H,1-4H3;1H. The summed E-state index contributed by atoms with van der Waals surface area (Å²) in [6.45, 7) is 8.33. The Morgan fingerprint density at radius 2 is 1.42 bits per heavy atom. The molecule has 0 radical (unpaired) electrons. The molecule has 0 nitrogen and oxygen atoms in total. The van der Waals surface area contributed by atoms with E-state index in [0.717, 1.165) is 5.02 Å². The zero-order valence-corrected chi connectivity index (χ0v) is 9.44. The smallest absolute Gasteiger partial charge is 0.0467 e. The van der Waals surface area contributed by atoms with Crippen molar-refractivity contribution < 1.29 is 0 Å². The molecule has 0 spiro atoms. The lowest BCUT2D eigenvalue weighted by Gasteiger charge is -2.08. The largest absolute Gasteiger partial charge is 0.147 e. The van der Waals surface area contributed by atoms with Gasteiger partial charge in [0.15, 0.2) is 0 Å². The molecule has 1 aromatic rings. The van der Waals surface area contributed by atoms with Crippen molar-refractivity contribution in [1.29, 1.82) is 0 Å². The molecule has 0 unspecified atom stereocenters. The van der Waals surface area contributed by atoms with Gasteiger partial charge in [-0.05, 0) is 49.9 Å². The molecule has 0 aliphatic heterocycles. The van der Waals surface area contributed by atoms with Crippen LogP contribution in [0.1, 0.15) is 22.3 Å². The molecule has 0 aromatic heterocycles. The fourth-order valence-corrected chi connectivity index (χ4v) is 1.45. The van der Waals surface area contributed by atoms with Crippen LogP contribution in [0.5, 0.6) is 0 Å². The van der Waals surface area contributed by atoms with Crippen molar-refractivity contribution in [2.75, 3.05) is 0 Å². The molecule has 0 aliphatic carbocycles. The van der Waals surface area contributed by atoms with Gasteiger partial charge in [-0.25, -0.2) is 0 Å². The van der Waals surface area contributed by atoms with Gasteiger partial charge >= 0.3 is 0 Å². The first kappa shape index (κ1) is 11.8. The van der Waals surface area contributed by atoms with Crippen LogP contribution in [-0.4, -0.2) is 0 Å². The Morgan fingerprint density at radius 3 is 1.92 bits per heavy atom. The number of benzene rings is 1. The van der Waals surface area contributed by atoms with E-state index in [4.69, 9.17) is 11.6 Å². The van der Waals surface area contributed by atoms with Crippen LogP contribution in [0.15, 0.2) is 6.07 Å². The summed E-state index contributed by atoms with van der Waals surface area (Å²) in [5.41, 5.74) is 5.02. The number of hydrogen-bond acceptors (Lipinski definition) is 0. The highest BCUT2D eigenvalue weighted by Crippen LogP contribution is 2.25. The molecule has 0 aliphatic rings. The van der Waals surface area contributed by atoms with Gasteiger partial charge in [0.05, 0.1) is 0 Å². The lowest BCUT2D eigenvalue weighted by Crippen LogP contribution is -1.90. The van der Waals surface area contributed by atoms with Crippen LogP contribution in [-0.2, 0) is 0 Å². The first-order valence-electron chi connectivity index (χ1n) is 3.77. The van der Waals surface area contributed by atoms with Crippen LogP contribution >= 0.6 is 24.0 Å². The Labute approximate surface area is 85.3 Å². The van der Waals surface area contributed by atoms with E-state index >= 15 is 0 Å². The van der Waals surface area contributed by atoms with Gasteiger partial charge in [0.2, 0.25) is 0 Å². The molecule has 0 amide bonds. The van der Waals surface area contributed by atoms with Gasteiger partial charge in [-0.2, -0.15) is 0 Å². The van der Waals surface area contributed by atoms with E-state index in [1.54, 1.807) is 0 Å². The third-order valence-corrected chi connectivity index (χ3v) is 2.84. The van der Waals surface area contributed by atoms with Crippen LogP contribution in [0.25, 0.3) is 0 Å². The Bertz CT molecular complexity index is 264. The molecule has 0 N–H and O–H groups in total. The topological polar surface area (TPSA) is 0 Å². The van der Waals surface area contributed by atoms with Crippen LogP contribution in [0.3, 0.4) is 0 Å². The van der Waals surface area contributed by atoms with Gasteiger partial charge in [0.25, 0.3) is 0 Å². The molecule has 0 heterocycles. The maximum absolute atomic E-state index is 6.05. The summed E-state index contributed by atoms with van der Waals surface area (Å²) in [5.74, 6) is 0. The molecule has 0 fully saturated rings. The van der Waals surface area contributed by atoms with Crippen molar-refractivity contribution in [1.82, 2.24) is 0 Å². The van der Waals surface area contributed by atoms with Crippen LogP contribution < -0.4 is 0 Å². The first-order valence-corrected chi connectivity index (χ1v) is 4.14. The third kappa shape index (κ3) is 1.94. The molecule has 1 rings (SSSR count). The monoisotopic (exact) mass is 204 g/mol. The predicted octanol–water partition coefficient (Wildman–Crippen LogP) is 4.00. The van der Waals surface area contributed by atoms with E-state index in [9.17, 15) is 0 Å². The fraction of sp³-hybridized carbons (Fsp3) is 0.400. The molecular weight excluding hydrogens is 191 g/mol. The Hall–Kier alpha value is -0.200. The second kappa shape index (κ2) is 4.15. The van der Waals surface area contributed by atoms with Crippen molar-refractivity contribution >= 4 is 24.0 Å². The third-order valence-electron chi connectivity index (χ3n) is 2.26. The molecule has 0 atom stereocenters. The molecule has 68 valence electrons. The SMILES string of the molecule is Cc1cc(C)c(Cl)c(C)c1C.Cl. The van der Waals surface area contributed by atoms with Gasteiger partial charge in [-0.1, -0.05) is 17.7 Å². The number of hydrogen-bond donors (Lipinski definition) is 0. The van der Waals surface area contributed by atoms with E-state index in [-0.39, 0.29) is 12.4 Å².